The molecule has 0 aromatic carbocycles. The number of nitrogens with one attached hydrogen (secondary N) is 1. The van der Waals surface area contributed by atoms with Crippen LogP contribution in [0.4, 0.5) is 0 Å². The van der Waals surface area contributed by atoms with Gasteiger partial charge in [-0.05, 0) is 38.3 Å². The molecule has 1 N–H and O–H groups in total. The summed E-state index contributed by atoms with van der Waals surface area (Å²) in [5.41, 5.74) is 1.29. The predicted octanol–water partition coefficient (Wildman–Crippen LogP) is 1.87. The molecule has 1 heterocycles. The molecule has 0 saturated carbocycles. The zero-order valence-electron chi connectivity index (χ0n) is 13.1. The Labute approximate surface area is 122 Å². The van der Waals surface area contributed by atoms with Crippen LogP contribution in [0.3, 0.4) is 0 Å². The van der Waals surface area contributed by atoms with E-state index in [0.717, 1.165) is 39.0 Å². The third-order valence-corrected chi connectivity index (χ3v) is 3.22. The lowest BCUT2D eigenvalue weighted by Gasteiger charge is -2.17. The van der Waals surface area contributed by atoms with Crippen molar-refractivity contribution >= 4 is 0 Å². The van der Waals surface area contributed by atoms with Crippen molar-refractivity contribution in [2.45, 2.75) is 45.7 Å². The maximum Gasteiger partial charge on any atom is 0.0700 e. The van der Waals surface area contributed by atoms with Gasteiger partial charge in [0.2, 0.25) is 0 Å². The van der Waals surface area contributed by atoms with Gasteiger partial charge in [-0.2, -0.15) is 5.10 Å². The van der Waals surface area contributed by atoms with Crippen molar-refractivity contribution in [1.29, 1.82) is 0 Å². The summed E-state index contributed by atoms with van der Waals surface area (Å²) >= 11 is 0. The van der Waals surface area contributed by atoms with E-state index in [-0.39, 0.29) is 0 Å². The fraction of sp³-hybridized carbons (Fsp3) is 0.800. The second-order valence-electron chi connectivity index (χ2n) is 4.95. The van der Waals surface area contributed by atoms with Crippen molar-refractivity contribution < 1.29 is 9.47 Å². The Morgan fingerprint density at radius 1 is 1.30 bits per heavy atom. The number of aryl methyl sites for hydroxylation is 1. The monoisotopic (exact) mass is 283 g/mol. The predicted molar refractivity (Wildman–Crippen MR) is 81.0 cm³/mol. The molecule has 0 aliphatic rings. The molecule has 1 aromatic heterocycles. The quantitative estimate of drug-likeness (QED) is 0.595. The zero-order valence-corrected chi connectivity index (χ0v) is 13.1. The average molecular weight is 283 g/mol. The topological polar surface area (TPSA) is 48.3 Å². The molecule has 0 radical (unpaired) electrons. The molecular weight excluding hydrogens is 254 g/mol. The second-order valence-corrected chi connectivity index (χ2v) is 4.95. The standard InChI is InChI=1S/C15H29N3O2/c1-4-7-16-15(6-8-20-10-9-19-3)11-14-12-17-18(5-2)13-14/h12-13,15-16H,4-11H2,1-3H3. The lowest BCUT2D eigenvalue weighted by molar-refractivity contribution is 0.0658. The summed E-state index contributed by atoms with van der Waals surface area (Å²) in [5.74, 6) is 0. The summed E-state index contributed by atoms with van der Waals surface area (Å²) in [5, 5.41) is 7.92. The van der Waals surface area contributed by atoms with Crippen molar-refractivity contribution in [3.63, 3.8) is 0 Å². The first-order valence-corrected chi connectivity index (χ1v) is 7.61. The Balaban J connectivity index is 2.34. The maximum absolute atomic E-state index is 5.56. The largest absolute Gasteiger partial charge is 0.382 e. The number of hydrogen-bond donors (Lipinski definition) is 1. The molecular formula is C15H29N3O2. The van der Waals surface area contributed by atoms with Gasteiger partial charge in [0.15, 0.2) is 0 Å². The van der Waals surface area contributed by atoms with Crippen molar-refractivity contribution in [1.82, 2.24) is 15.1 Å². The lowest BCUT2D eigenvalue weighted by Crippen LogP contribution is -2.33. The number of rotatable bonds is 12. The molecule has 5 nitrogen and oxygen atoms in total. The van der Waals surface area contributed by atoms with Crippen LogP contribution in [0.25, 0.3) is 0 Å². The van der Waals surface area contributed by atoms with Crippen LogP contribution in [0.15, 0.2) is 12.4 Å². The number of methoxy groups -OCH3 is 1. The average Bonchev–Trinajstić information content (AvgIpc) is 2.92. The number of aromatic nitrogens is 2. The lowest BCUT2D eigenvalue weighted by atomic mass is 10.1. The highest BCUT2D eigenvalue weighted by molar-refractivity contribution is 5.06. The van der Waals surface area contributed by atoms with E-state index in [9.17, 15) is 0 Å². The summed E-state index contributed by atoms with van der Waals surface area (Å²) in [6.45, 7) is 8.37. The molecule has 0 amide bonds. The van der Waals surface area contributed by atoms with Crippen LogP contribution in [0.5, 0.6) is 0 Å². The molecule has 0 saturated heterocycles. The van der Waals surface area contributed by atoms with Gasteiger partial charge in [0.25, 0.3) is 0 Å². The Kier molecular flexibility index (Phi) is 9.28. The van der Waals surface area contributed by atoms with Crippen molar-refractivity contribution in [2.75, 3.05) is 33.5 Å². The molecule has 0 bridgehead atoms. The summed E-state index contributed by atoms with van der Waals surface area (Å²) < 4.78 is 12.5. The molecule has 1 atom stereocenters. The Hall–Kier alpha value is -0.910. The van der Waals surface area contributed by atoms with Gasteiger partial charge in [0.1, 0.15) is 0 Å². The van der Waals surface area contributed by atoms with Crippen LogP contribution in [0.1, 0.15) is 32.3 Å². The van der Waals surface area contributed by atoms with Gasteiger partial charge in [-0.1, -0.05) is 6.92 Å². The SMILES string of the molecule is CCCNC(CCOCCOC)Cc1cnn(CC)c1. The maximum atomic E-state index is 5.56. The molecule has 0 aliphatic carbocycles. The van der Waals surface area contributed by atoms with Crippen molar-refractivity contribution in [2.24, 2.45) is 0 Å². The molecule has 1 aromatic rings. The molecule has 1 unspecified atom stereocenters. The normalized spacial score (nSPS) is 12.8. The minimum Gasteiger partial charge on any atom is -0.382 e. The molecule has 5 heteroatoms. The number of ether oxygens (including phenoxy) is 2. The van der Waals surface area contributed by atoms with Crippen LogP contribution >= 0.6 is 0 Å². The van der Waals surface area contributed by atoms with E-state index < -0.39 is 0 Å². The van der Waals surface area contributed by atoms with Crippen LogP contribution in [0, 0.1) is 0 Å². The van der Waals surface area contributed by atoms with E-state index in [4.69, 9.17) is 9.47 Å². The molecule has 0 aliphatic heterocycles. The van der Waals surface area contributed by atoms with E-state index in [1.165, 1.54) is 5.56 Å². The van der Waals surface area contributed by atoms with Gasteiger partial charge < -0.3 is 14.8 Å². The highest BCUT2D eigenvalue weighted by Crippen LogP contribution is 2.06. The minimum absolute atomic E-state index is 0.451. The Morgan fingerprint density at radius 3 is 2.80 bits per heavy atom. The Bertz CT molecular complexity index is 342. The number of nitrogens with zero attached hydrogens (tertiary/aromatic N) is 2. The third kappa shape index (κ3) is 7.03. The van der Waals surface area contributed by atoms with E-state index >= 15 is 0 Å². The van der Waals surface area contributed by atoms with Crippen LogP contribution in [-0.2, 0) is 22.4 Å². The van der Waals surface area contributed by atoms with E-state index in [1.54, 1.807) is 7.11 Å². The fourth-order valence-electron chi connectivity index (χ4n) is 2.06. The summed E-state index contributed by atoms with van der Waals surface area (Å²) in [6.07, 6.45) is 7.27. The fourth-order valence-corrected chi connectivity index (χ4v) is 2.06. The first kappa shape index (κ1) is 17.1. The van der Waals surface area contributed by atoms with E-state index in [1.807, 2.05) is 10.9 Å². The van der Waals surface area contributed by atoms with Gasteiger partial charge in [0.05, 0.1) is 19.4 Å². The molecule has 20 heavy (non-hydrogen) atoms. The van der Waals surface area contributed by atoms with Gasteiger partial charge in [0, 0.05) is 32.5 Å². The third-order valence-electron chi connectivity index (χ3n) is 3.22. The van der Waals surface area contributed by atoms with Crippen molar-refractivity contribution in [3.05, 3.63) is 18.0 Å². The minimum atomic E-state index is 0.451. The second kappa shape index (κ2) is 10.8. The summed E-state index contributed by atoms with van der Waals surface area (Å²) in [4.78, 5) is 0. The van der Waals surface area contributed by atoms with Gasteiger partial charge in [-0.15, -0.1) is 0 Å². The molecule has 0 spiro atoms. The summed E-state index contributed by atoms with van der Waals surface area (Å²) in [6, 6.07) is 0.451. The zero-order chi connectivity index (χ0) is 14.6. The van der Waals surface area contributed by atoms with E-state index in [2.05, 4.69) is 30.5 Å². The Morgan fingerprint density at radius 2 is 2.15 bits per heavy atom. The van der Waals surface area contributed by atoms with Gasteiger partial charge >= 0.3 is 0 Å². The molecule has 116 valence electrons. The molecule has 0 fully saturated rings. The van der Waals surface area contributed by atoms with Crippen LogP contribution < -0.4 is 5.32 Å². The molecule has 1 rings (SSSR count). The van der Waals surface area contributed by atoms with E-state index in [0.29, 0.717) is 19.3 Å². The first-order chi connectivity index (χ1) is 9.80. The van der Waals surface area contributed by atoms with Crippen LogP contribution in [-0.4, -0.2) is 49.3 Å². The number of hydrogen-bond acceptors (Lipinski definition) is 4. The smallest absolute Gasteiger partial charge is 0.0700 e. The highest BCUT2D eigenvalue weighted by Gasteiger charge is 2.10. The highest BCUT2D eigenvalue weighted by atomic mass is 16.5. The summed E-state index contributed by atoms with van der Waals surface area (Å²) in [7, 11) is 1.69. The van der Waals surface area contributed by atoms with Crippen LogP contribution in [0.2, 0.25) is 0 Å². The first-order valence-electron chi connectivity index (χ1n) is 7.61. The van der Waals surface area contributed by atoms with Gasteiger partial charge in [-0.3, -0.25) is 4.68 Å². The van der Waals surface area contributed by atoms with Gasteiger partial charge in [-0.25, -0.2) is 0 Å². The van der Waals surface area contributed by atoms with Crippen molar-refractivity contribution in [3.8, 4) is 0 Å².